The van der Waals surface area contributed by atoms with Crippen LogP contribution in [0, 0.1) is 20.8 Å². The van der Waals surface area contributed by atoms with Crippen LogP contribution in [0.5, 0.6) is 0 Å². The van der Waals surface area contributed by atoms with Gasteiger partial charge < -0.3 is 0 Å². The molecule has 0 spiro atoms. The zero-order valence-corrected chi connectivity index (χ0v) is 14.0. The molecule has 110 valence electrons. The van der Waals surface area contributed by atoms with E-state index < -0.39 is 8.03 Å². The summed E-state index contributed by atoms with van der Waals surface area (Å²) in [6.07, 6.45) is 0.906. The fraction of sp³-hybridized carbons (Fsp3) is 0.333. The molecule has 0 aromatic heterocycles. The summed E-state index contributed by atoms with van der Waals surface area (Å²) in [7, 11) is -1.71. The number of rotatable bonds is 5. The minimum atomic E-state index is -1.71. The third-order valence-electron chi connectivity index (χ3n) is 3.61. The van der Waals surface area contributed by atoms with Crippen LogP contribution in [0.1, 0.15) is 34.7 Å². The van der Waals surface area contributed by atoms with Crippen molar-refractivity contribution in [2.24, 2.45) is 0 Å². The van der Waals surface area contributed by atoms with Gasteiger partial charge in [-0.2, -0.15) is 0 Å². The maximum absolute atomic E-state index is 11.8. The molecule has 1 unspecified atom stereocenters. The second kappa shape index (κ2) is 6.98. The molecule has 1 atom stereocenters. The van der Waals surface area contributed by atoms with Crippen LogP contribution >= 0.6 is 8.03 Å². The molecule has 0 amide bonds. The molecule has 0 fully saturated rings. The average molecular weight is 301 g/mol. The molecular weight excluding hydrogens is 279 g/mol. The quantitative estimate of drug-likeness (QED) is 0.754. The highest BCUT2D eigenvalue weighted by molar-refractivity contribution is 7.48. The lowest BCUT2D eigenvalue weighted by Crippen LogP contribution is -2.01. The highest BCUT2D eigenvalue weighted by Gasteiger charge is 2.20. The molecule has 0 N–H and O–H groups in total. The van der Waals surface area contributed by atoms with E-state index in [4.69, 9.17) is 4.52 Å². The molecule has 2 rings (SSSR count). The van der Waals surface area contributed by atoms with E-state index in [9.17, 15) is 4.57 Å². The molecule has 21 heavy (non-hydrogen) atoms. The van der Waals surface area contributed by atoms with Gasteiger partial charge in [0.2, 0.25) is 5.30 Å². The first-order valence-corrected chi connectivity index (χ1v) is 8.45. The first kappa shape index (κ1) is 15.9. The van der Waals surface area contributed by atoms with E-state index in [0.717, 1.165) is 11.7 Å². The molecule has 0 radical (unpaired) electrons. The summed E-state index contributed by atoms with van der Waals surface area (Å²) in [6, 6.07) is 12.3. The van der Waals surface area contributed by atoms with Gasteiger partial charge in [0.25, 0.3) is 0 Å². The van der Waals surface area contributed by atoms with Crippen LogP contribution < -0.4 is 5.30 Å². The molecule has 0 aliphatic carbocycles. The van der Waals surface area contributed by atoms with E-state index in [1.807, 2.05) is 31.2 Å². The Bertz CT molecular complexity index is 622. The summed E-state index contributed by atoms with van der Waals surface area (Å²) < 4.78 is 16.9. The van der Waals surface area contributed by atoms with Gasteiger partial charge in [-0.3, -0.25) is 0 Å². The average Bonchev–Trinajstić information content (AvgIpc) is 2.43. The van der Waals surface area contributed by atoms with Crippen LogP contribution in [0.15, 0.2) is 36.4 Å². The first-order valence-electron chi connectivity index (χ1n) is 7.27. The van der Waals surface area contributed by atoms with Crippen LogP contribution in [0.2, 0.25) is 0 Å². The normalized spacial score (nSPS) is 11.5. The molecule has 3 heteroatoms. The molecule has 0 saturated carbocycles. The highest BCUT2D eigenvalue weighted by Crippen LogP contribution is 2.23. The van der Waals surface area contributed by atoms with Crippen molar-refractivity contribution in [3.05, 3.63) is 64.2 Å². The molecule has 2 aromatic rings. The van der Waals surface area contributed by atoms with Crippen LogP contribution in [-0.2, 0) is 15.5 Å². The monoisotopic (exact) mass is 301 g/mol. The van der Waals surface area contributed by atoms with Crippen LogP contribution in [0.3, 0.4) is 0 Å². The fourth-order valence-electron chi connectivity index (χ4n) is 2.62. The Morgan fingerprint density at radius 2 is 1.57 bits per heavy atom. The number of benzene rings is 2. The van der Waals surface area contributed by atoms with Gasteiger partial charge in [0.05, 0.1) is 0 Å². The summed E-state index contributed by atoms with van der Waals surface area (Å²) in [6.45, 7) is 8.78. The van der Waals surface area contributed by atoms with Gasteiger partial charge >= 0.3 is 8.03 Å². The number of aryl methyl sites for hydroxylation is 3. The Hall–Kier alpha value is -1.50. The second-order valence-corrected chi connectivity index (χ2v) is 6.68. The standard InChI is InChI=1S/C18H22O2P/c1-5-20-21(19)17-8-6-16(7-9-17)12-18-14(3)10-13(2)11-15(18)4/h6-11H,5,12H2,1-4H3/q+1. The zero-order valence-electron chi connectivity index (χ0n) is 13.1. The molecule has 0 bridgehead atoms. The molecule has 0 aliphatic rings. The lowest BCUT2D eigenvalue weighted by atomic mass is 9.94. The van der Waals surface area contributed by atoms with Gasteiger partial charge in [0.1, 0.15) is 6.61 Å². The predicted octanol–water partition coefficient (Wildman–Crippen LogP) is 4.61. The minimum Gasteiger partial charge on any atom is -0.142 e. The topological polar surface area (TPSA) is 26.3 Å². The van der Waals surface area contributed by atoms with Gasteiger partial charge in [-0.25, -0.2) is 0 Å². The van der Waals surface area contributed by atoms with E-state index in [2.05, 4.69) is 32.9 Å². The second-order valence-electron chi connectivity index (χ2n) is 5.40. The molecule has 2 aromatic carbocycles. The van der Waals surface area contributed by atoms with Gasteiger partial charge in [-0.15, -0.1) is 4.52 Å². The van der Waals surface area contributed by atoms with Crippen molar-refractivity contribution in [3.63, 3.8) is 0 Å². The zero-order chi connectivity index (χ0) is 15.4. The SMILES string of the molecule is CCO[P+](=O)c1ccc(Cc2c(C)cc(C)cc2C)cc1. The molecule has 0 heterocycles. The maximum atomic E-state index is 11.8. The van der Waals surface area contributed by atoms with Crippen LogP contribution in [0.4, 0.5) is 0 Å². The highest BCUT2D eigenvalue weighted by atomic mass is 31.1. The largest absolute Gasteiger partial charge is 0.548 e. The Labute approximate surface area is 128 Å². The Balaban J connectivity index is 2.19. The molecule has 0 aliphatic heterocycles. The van der Waals surface area contributed by atoms with Gasteiger partial charge in [-0.05, 0) is 73.1 Å². The van der Waals surface area contributed by atoms with E-state index in [1.54, 1.807) is 0 Å². The van der Waals surface area contributed by atoms with Gasteiger partial charge in [0.15, 0.2) is 0 Å². The van der Waals surface area contributed by atoms with Crippen molar-refractivity contribution in [1.29, 1.82) is 0 Å². The van der Waals surface area contributed by atoms with E-state index in [1.165, 1.54) is 27.8 Å². The Morgan fingerprint density at radius 1 is 1.00 bits per heavy atom. The van der Waals surface area contributed by atoms with Crippen LogP contribution in [0.25, 0.3) is 0 Å². The first-order chi connectivity index (χ1) is 10.0. The lowest BCUT2D eigenvalue weighted by Gasteiger charge is -2.11. The summed E-state index contributed by atoms with van der Waals surface area (Å²) in [5.41, 5.74) is 6.57. The van der Waals surface area contributed by atoms with Crippen molar-refractivity contribution in [2.75, 3.05) is 6.61 Å². The van der Waals surface area contributed by atoms with Crippen molar-refractivity contribution < 1.29 is 9.09 Å². The summed E-state index contributed by atoms with van der Waals surface area (Å²) in [5, 5.41) is 0.757. The summed E-state index contributed by atoms with van der Waals surface area (Å²) >= 11 is 0. The van der Waals surface area contributed by atoms with Gasteiger partial charge in [0, 0.05) is 0 Å². The number of hydrogen-bond donors (Lipinski definition) is 0. The third kappa shape index (κ3) is 4.00. The van der Waals surface area contributed by atoms with E-state index in [-0.39, 0.29) is 0 Å². The van der Waals surface area contributed by atoms with Crippen molar-refractivity contribution in [3.8, 4) is 0 Å². The van der Waals surface area contributed by atoms with E-state index in [0.29, 0.717) is 6.61 Å². The fourth-order valence-corrected chi connectivity index (χ4v) is 3.40. The van der Waals surface area contributed by atoms with Crippen molar-refractivity contribution in [1.82, 2.24) is 0 Å². The van der Waals surface area contributed by atoms with Gasteiger partial charge in [-0.1, -0.05) is 29.8 Å². The molecule has 2 nitrogen and oxygen atoms in total. The van der Waals surface area contributed by atoms with Crippen molar-refractivity contribution >= 4 is 13.3 Å². The predicted molar refractivity (Wildman–Crippen MR) is 88.8 cm³/mol. The molecule has 0 saturated heterocycles. The Kier molecular flexibility index (Phi) is 5.27. The Morgan fingerprint density at radius 3 is 2.10 bits per heavy atom. The maximum Gasteiger partial charge on any atom is 0.548 e. The van der Waals surface area contributed by atoms with E-state index >= 15 is 0 Å². The number of hydrogen-bond acceptors (Lipinski definition) is 2. The molecular formula is C18H22O2P+. The lowest BCUT2D eigenvalue weighted by molar-refractivity contribution is 0.357. The van der Waals surface area contributed by atoms with Crippen molar-refractivity contribution in [2.45, 2.75) is 34.1 Å². The summed E-state index contributed by atoms with van der Waals surface area (Å²) in [4.78, 5) is 0. The summed E-state index contributed by atoms with van der Waals surface area (Å²) in [5.74, 6) is 0. The smallest absolute Gasteiger partial charge is 0.142 e. The minimum absolute atomic E-state index is 0.471. The van der Waals surface area contributed by atoms with Crippen LogP contribution in [-0.4, -0.2) is 6.61 Å². The third-order valence-corrected chi connectivity index (χ3v) is 4.83.